The van der Waals surface area contributed by atoms with Crippen LogP contribution in [0.5, 0.6) is 0 Å². The van der Waals surface area contributed by atoms with Crippen molar-refractivity contribution in [2.45, 2.75) is 83.5 Å². The molecule has 4 atom stereocenters. The Morgan fingerprint density at radius 1 is 0.957 bits per heavy atom. The molecule has 0 aliphatic heterocycles. The zero-order valence-electron chi connectivity index (χ0n) is 14.8. The lowest BCUT2D eigenvalue weighted by molar-refractivity contribution is 0.113. The Bertz CT molecular complexity index is 481. The topological polar surface area (TPSA) is 0 Å². The first-order valence-electron chi connectivity index (χ1n) is 10.0. The van der Waals surface area contributed by atoms with E-state index in [1.165, 1.54) is 76.2 Å². The molecule has 0 amide bonds. The monoisotopic (exact) mass is 316 g/mol. The van der Waals surface area contributed by atoms with Gasteiger partial charge in [-0.15, -0.1) is 0 Å². The number of hydrogen-bond acceptors (Lipinski definition) is 0. The predicted molar refractivity (Wildman–Crippen MR) is 96.1 cm³/mol. The summed E-state index contributed by atoms with van der Waals surface area (Å²) >= 11 is 0. The van der Waals surface area contributed by atoms with E-state index in [0.717, 1.165) is 17.8 Å². The van der Waals surface area contributed by atoms with Crippen molar-refractivity contribution in [2.24, 2.45) is 17.8 Å². The minimum Gasteiger partial charge on any atom is -0.207 e. The smallest absolute Gasteiger partial charge is 0.123 e. The number of rotatable bonds is 6. The van der Waals surface area contributed by atoms with Gasteiger partial charge in [-0.3, -0.25) is 0 Å². The van der Waals surface area contributed by atoms with Crippen LogP contribution in [0.2, 0.25) is 0 Å². The molecule has 2 aliphatic carbocycles. The van der Waals surface area contributed by atoms with Gasteiger partial charge in [0, 0.05) is 0 Å². The highest BCUT2D eigenvalue weighted by Gasteiger charge is 2.35. The van der Waals surface area contributed by atoms with Crippen LogP contribution in [0.25, 0.3) is 0 Å². The van der Waals surface area contributed by atoms with E-state index < -0.39 is 0 Å². The molecule has 1 heteroatoms. The van der Waals surface area contributed by atoms with Gasteiger partial charge in [0.2, 0.25) is 0 Å². The summed E-state index contributed by atoms with van der Waals surface area (Å²) in [5, 5.41) is 0. The van der Waals surface area contributed by atoms with Gasteiger partial charge in [-0.25, -0.2) is 4.39 Å². The van der Waals surface area contributed by atoms with Gasteiger partial charge in [0.1, 0.15) is 5.82 Å². The molecule has 0 radical (unpaired) electrons. The van der Waals surface area contributed by atoms with Crippen molar-refractivity contribution in [1.82, 2.24) is 0 Å². The average molecular weight is 317 g/mol. The van der Waals surface area contributed by atoms with Crippen molar-refractivity contribution in [3.63, 3.8) is 0 Å². The molecule has 0 bridgehead atoms. The van der Waals surface area contributed by atoms with E-state index in [-0.39, 0.29) is 5.82 Å². The lowest BCUT2D eigenvalue weighted by atomic mass is 9.63. The Labute approximate surface area is 141 Å². The van der Waals surface area contributed by atoms with Crippen LogP contribution in [0.15, 0.2) is 24.3 Å². The Morgan fingerprint density at radius 3 is 2.61 bits per heavy atom. The summed E-state index contributed by atoms with van der Waals surface area (Å²) < 4.78 is 13.5. The van der Waals surface area contributed by atoms with Gasteiger partial charge in [0.25, 0.3) is 0 Å². The largest absolute Gasteiger partial charge is 0.207 e. The van der Waals surface area contributed by atoms with E-state index in [1.54, 1.807) is 12.1 Å². The van der Waals surface area contributed by atoms with Crippen LogP contribution in [0.3, 0.4) is 0 Å². The van der Waals surface area contributed by atoms with Crippen molar-refractivity contribution < 1.29 is 4.39 Å². The van der Waals surface area contributed by atoms with Crippen molar-refractivity contribution in [2.75, 3.05) is 0 Å². The fourth-order valence-electron chi connectivity index (χ4n) is 5.17. The highest BCUT2D eigenvalue weighted by atomic mass is 19.1. The maximum atomic E-state index is 13.5. The summed E-state index contributed by atoms with van der Waals surface area (Å²) in [5.41, 5.74) is 1.24. The molecular weight excluding hydrogens is 283 g/mol. The Balaban J connectivity index is 1.48. The Kier molecular flexibility index (Phi) is 6.14. The SMILES string of the molecule is CCCCCCC1CC[C@@H]2C[C@H](c3cccc(F)c3)CC[C@@H]2C1. The van der Waals surface area contributed by atoms with Gasteiger partial charge < -0.3 is 0 Å². The molecule has 0 heterocycles. The molecule has 23 heavy (non-hydrogen) atoms. The summed E-state index contributed by atoms with van der Waals surface area (Å²) in [5.74, 6) is 3.40. The molecule has 2 saturated carbocycles. The first-order valence-corrected chi connectivity index (χ1v) is 10.0. The molecular formula is C22H33F. The van der Waals surface area contributed by atoms with Crippen LogP contribution in [0.4, 0.5) is 4.39 Å². The molecule has 0 aromatic heterocycles. The molecule has 1 unspecified atom stereocenters. The van der Waals surface area contributed by atoms with Crippen LogP contribution in [-0.4, -0.2) is 0 Å². The van der Waals surface area contributed by atoms with Crippen LogP contribution in [0, 0.1) is 23.6 Å². The summed E-state index contributed by atoms with van der Waals surface area (Å²) in [6.07, 6.45) is 15.4. The van der Waals surface area contributed by atoms with E-state index in [1.807, 2.05) is 6.07 Å². The Hall–Kier alpha value is -0.850. The van der Waals surface area contributed by atoms with Crippen molar-refractivity contribution in [3.05, 3.63) is 35.6 Å². The number of hydrogen-bond donors (Lipinski definition) is 0. The third-order valence-electron chi connectivity index (χ3n) is 6.51. The predicted octanol–water partition coefficient (Wildman–Crippen LogP) is 7.10. The van der Waals surface area contributed by atoms with Gasteiger partial charge in [-0.2, -0.15) is 0 Å². The average Bonchev–Trinajstić information content (AvgIpc) is 2.58. The Morgan fingerprint density at radius 2 is 1.78 bits per heavy atom. The third-order valence-corrected chi connectivity index (χ3v) is 6.51. The highest BCUT2D eigenvalue weighted by Crippen LogP contribution is 2.48. The molecule has 3 rings (SSSR count). The van der Waals surface area contributed by atoms with Gasteiger partial charge in [0.05, 0.1) is 0 Å². The second-order valence-corrected chi connectivity index (χ2v) is 8.11. The van der Waals surface area contributed by atoms with Gasteiger partial charge in [0.15, 0.2) is 0 Å². The second-order valence-electron chi connectivity index (χ2n) is 8.11. The minimum atomic E-state index is -0.0691. The standard InChI is InChI=1S/C22H33F/c1-2-3-4-5-7-17-10-11-20-15-21(13-12-19(20)14-17)18-8-6-9-22(23)16-18/h6,8-9,16-17,19-21H,2-5,7,10-15H2,1H3/t17?,19-,20-,21-/m1/s1. The van der Waals surface area contributed by atoms with Crippen LogP contribution >= 0.6 is 0 Å². The molecule has 0 nitrogen and oxygen atoms in total. The van der Waals surface area contributed by atoms with Gasteiger partial charge >= 0.3 is 0 Å². The maximum Gasteiger partial charge on any atom is 0.123 e. The quantitative estimate of drug-likeness (QED) is 0.491. The van der Waals surface area contributed by atoms with Gasteiger partial charge in [-0.1, -0.05) is 57.6 Å². The fraction of sp³-hybridized carbons (Fsp3) is 0.727. The molecule has 1 aromatic carbocycles. The van der Waals surface area contributed by atoms with Crippen molar-refractivity contribution in [3.8, 4) is 0 Å². The van der Waals surface area contributed by atoms with E-state index in [9.17, 15) is 4.39 Å². The van der Waals surface area contributed by atoms with Gasteiger partial charge in [-0.05, 0) is 73.5 Å². The fourth-order valence-corrected chi connectivity index (χ4v) is 5.17. The summed E-state index contributed by atoms with van der Waals surface area (Å²) in [4.78, 5) is 0. The number of benzene rings is 1. The van der Waals surface area contributed by atoms with Crippen LogP contribution < -0.4 is 0 Å². The lowest BCUT2D eigenvalue weighted by Gasteiger charge is -2.42. The summed E-state index contributed by atoms with van der Waals surface area (Å²) in [6.45, 7) is 2.29. The summed E-state index contributed by atoms with van der Waals surface area (Å²) in [7, 11) is 0. The normalized spacial score (nSPS) is 30.9. The van der Waals surface area contributed by atoms with Crippen LogP contribution in [-0.2, 0) is 0 Å². The van der Waals surface area contributed by atoms with E-state index in [0.29, 0.717) is 5.92 Å². The number of unbranched alkanes of at least 4 members (excludes halogenated alkanes) is 3. The zero-order valence-corrected chi connectivity index (χ0v) is 14.8. The molecule has 2 aliphatic rings. The lowest BCUT2D eigenvalue weighted by Crippen LogP contribution is -2.30. The molecule has 0 N–H and O–H groups in total. The van der Waals surface area contributed by atoms with Crippen molar-refractivity contribution in [1.29, 1.82) is 0 Å². The van der Waals surface area contributed by atoms with E-state index >= 15 is 0 Å². The number of fused-ring (bicyclic) bond motifs is 1. The molecule has 0 spiro atoms. The minimum absolute atomic E-state index is 0.0691. The molecule has 2 fully saturated rings. The van der Waals surface area contributed by atoms with Crippen LogP contribution in [0.1, 0.15) is 89.0 Å². The second kappa shape index (κ2) is 8.31. The summed E-state index contributed by atoms with van der Waals surface area (Å²) in [6, 6.07) is 7.35. The first kappa shape index (κ1) is 17.0. The highest BCUT2D eigenvalue weighted by molar-refractivity contribution is 5.21. The van der Waals surface area contributed by atoms with Crippen molar-refractivity contribution >= 4 is 0 Å². The molecule has 1 aromatic rings. The maximum absolute atomic E-state index is 13.5. The first-order chi connectivity index (χ1) is 11.3. The molecule has 0 saturated heterocycles. The zero-order chi connectivity index (χ0) is 16.1. The molecule has 128 valence electrons. The number of halogens is 1. The van der Waals surface area contributed by atoms with E-state index in [4.69, 9.17) is 0 Å². The van der Waals surface area contributed by atoms with E-state index in [2.05, 4.69) is 13.0 Å². The third kappa shape index (κ3) is 4.58.